The van der Waals surface area contributed by atoms with Crippen LogP contribution in [0.25, 0.3) is 0 Å². The molecule has 0 N–H and O–H groups in total. The molecule has 0 spiro atoms. The van der Waals surface area contributed by atoms with E-state index in [9.17, 15) is 8.42 Å². The highest BCUT2D eigenvalue weighted by molar-refractivity contribution is 9.11. The van der Waals surface area contributed by atoms with E-state index in [1.807, 2.05) is 6.07 Å². The van der Waals surface area contributed by atoms with Crippen LogP contribution in [0.5, 0.6) is 0 Å². The van der Waals surface area contributed by atoms with Crippen molar-refractivity contribution in [2.75, 3.05) is 6.26 Å². The summed E-state index contributed by atoms with van der Waals surface area (Å²) in [7, 11) is -3.26. The molecule has 14 heavy (non-hydrogen) atoms. The Morgan fingerprint density at radius 3 is 2.14 bits per heavy atom. The highest BCUT2D eigenvalue weighted by Crippen LogP contribution is 2.23. The lowest BCUT2D eigenvalue weighted by molar-refractivity contribution is 0.611. The van der Waals surface area contributed by atoms with Crippen LogP contribution in [0.1, 0.15) is 5.56 Å². The van der Waals surface area contributed by atoms with Gasteiger partial charge in [-0.1, -0.05) is 6.07 Å². The van der Waals surface area contributed by atoms with E-state index in [2.05, 4.69) is 43.0 Å². The molecule has 0 heterocycles. The summed E-state index contributed by atoms with van der Waals surface area (Å²) >= 11 is 6.58. The molecule has 0 aliphatic heterocycles. The Bertz CT molecular complexity index is 489. The van der Waals surface area contributed by atoms with E-state index in [1.165, 1.54) is 0 Å². The molecule has 0 aromatic heterocycles. The Morgan fingerprint density at radius 1 is 1.21 bits per heavy atom. The fourth-order valence-corrected chi connectivity index (χ4v) is 2.25. The number of benzene rings is 1. The summed E-state index contributed by atoms with van der Waals surface area (Å²) in [6.45, 7) is 0. The van der Waals surface area contributed by atoms with Gasteiger partial charge in [-0.3, -0.25) is 0 Å². The Kier molecular flexibility index (Phi) is 3.76. The summed E-state index contributed by atoms with van der Waals surface area (Å²) in [4.78, 5) is 0. The van der Waals surface area contributed by atoms with Gasteiger partial charge in [0, 0.05) is 14.2 Å². The van der Waals surface area contributed by atoms with Crippen molar-refractivity contribution in [3.8, 4) is 11.2 Å². The van der Waals surface area contributed by atoms with Gasteiger partial charge in [0.25, 0.3) is 0 Å². The van der Waals surface area contributed by atoms with E-state index in [4.69, 9.17) is 0 Å². The SMILES string of the molecule is CS(=O)(=O)C#Cc1c(Br)cccc1Br. The molecule has 5 heteroatoms. The van der Waals surface area contributed by atoms with E-state index < -0.39 is 9.84 Å². The molecule has 0 saturated heterocycles. The Balaban J connectivity index is 3.26. The molecule has 0 aliphatic carbocycles. The minimum absolute atomic E-state index is 0.637. The van der Waals surface area contributed by atoms with Gasteiger partial charge in [0.1, 0.15) is 0 Å². The molecule has 0 saturated carbocycles. The highest BCUT2D eigenvalue weighted by Gasteiger charge is 2.01. The predicted molar refractivity (Wildman–Crippen MR) is 63.6 cm³/mol. The van der Waals surface area contributed by atoms with Gasteiger partial charge < -0.3 is 0 Å². The molecule has 0 bridgehead atoms. The van der Waals surface area contributed by atoms with E-state index >= 15 is 0 Å². The molecule has 74 valence electrons. The summed E-state index contributed by atoms with van der Waals surface area (Å²) in [5.74, 6) is 2.59. The van der Waals surface area contributed by atoms with Gasteiger partial charge in [-0.15, -0.1) is 0 Å². The summed E-state index contributed by atoms with van der Waals surface area (Å²) in [6, 6.07) is 5.44. The molecule has 0 amide bonds. The summed E-state index contributed by atoms with van der Waals surface area (Å²) in [5, 5.41) is 2.18. The second-order valence-electron chi connectivity index (χ2n) is 2.60. The highest BCUT2D eigenvalue weighted by atomic mass is 79.9. The lowest BCUT2D eigenvalue weighted by atomic mass is 10.2. The van der Waals surface area contributed by atoms with Crippen molar-refractivity contribution < 1.29 is 8.42 Å². The minimum atomic E-state index is -3.26. The average Bonchev–Trinajstić information content (AvgIpc) is 2.01. The van der Waals surface area contributed by atoms with Crippen molar-refractivity contribution >= 4 is 41.7 Å². The Hall–Kier alpha value is -0.310. The number of rotatable bonds is 0. The van der Waals surface area contributed by atoms with Crippen LogP contribution in [0.2, 0.25) is 0 Å². The zero-order valence-corrected chi connectivity index (χ0v) is 11.2. The van der Waals surface area contributed by atoms with E-state index in [0.29, 0.717) is 5.56 Å². The van der Waals surface area contributed by atoms with E-state index in [1.54, 1.807) is 12.1 Å². The third-order valence-electron chi connectivity index (χ3n) is 1.32. The van der Waals surface area contributed by atoms with Gasteiger partial charge in [0.05, 0.1) is 11.8 Å². The molecule has 1 aromatic rings. The predicted octanol–water partition coefficient (Wildman–Crippen LogP) is 2.57. The minimum Gasteiger partial charge on any atom is -0.216 e. The molecule has 0 fully saturated rings. The van der Waals surface area contributed by atoms with Crippen LogP contribution < -0.4 is 0 Å². The van der Waals surface area contributed by atoms with E-state index in [-0.39, 0.29) is 0 Å². The maximum Gasteiger partial charge on any atom is 0.214 e. The van der Waals surface area contributed by atoms with Gasteiger partial charge in [0.15, 0.2) is 0 Å². The van der Waals surface area contributed by atoms with Crippen LogP contribution in [0.4, 0.5) is 0 Å². The molecule has 1 aromatic carbocycles. The summed E-state index contributed by atoms with van der Waals surface area (Å²) in [6.07, 6.45) is 1.07. The van der Waals surface area contributed by atoms with Gasteiger partial charge in [0.2, 0.25) is 9.84 Å². The van der Waals surface area contributed by atoms with E-state index in [0.717, 1.165) is 15.2 Å². The Labute approximate surface area is 99.9 Å². The normalized spacial score (nSPS) is 10.5. The zero-order valence-electron chi connectivity index (χ0n) is 7.21. The van der Waals surface area contributed by atoms with Gasteiger partial charge in [-0.2, -0.15) is 0 Å². The van der Waals surface area contributed by atoms with Crippen molar-refractivity contribution in [3.05, 3.63) is 32.7 Å². The van der Waals surface area contributed by atoms with Gasteiger partial charge >= 0.3 is 0 Å². The van der Waals surface area contributed by atoms with Crippen molar-refractivity contribution in [2.24, 2.45) is 0 Å². The lowest BCUT2D eigenvalue weighted by Crippen LogP contribution is -1.89. The van der Waals surface area contributed by atoms with Crippen molar-refractivity contribution in [1.29, 1.82) is 0 Å². The molecular formula is C9H6Br2O2S. The lowest BCUT2D eigenvalue weighted by Gasteiger charge is -1.97. The molecule has 0 aliphatic rings. The smallest absolute Gasteiger partial charge is 0.214 e. The first-order valence-corrected chi connectivity index (χ1v) is 7.05. The van der Waals surface area contributed by atoms with Crippen LogP contribution in [-0.2, 0) is 9.84 Å². The van der Waals surface area contributed by atoms with Crippen molar-refractivity contribution in [1.82, 2.24) is 0 Å². The van der Waals surface area contributed by atoms with Crippen molar-refractivity contribution in [3.63, 3.8) is 0 Å². The number of hydrogen-bond donors (Lipinski definition) is 0. The zero-order chi connectivity index (χ0) is 10.8. The number of hydrogen-bond acceptors (Lipinski definition) is 2. The third-order valence-corrected chi connectivity index (χ3v) is 3.12. The number of sulfone groups is 1. The molecule has 0 radical (unpaired) electrons. The number of halogens is 2. The van der Waals surface area contributed by atoms with Crippen molar-refractivity contribution in [2.45, 2.75) is 0 Å². The summed E-state index contributed by atoms with van der Waals surface area (Å²) < 4.78 is 23.2. The second-order valence-corrected chi connectivity index (χ2v) is 6.05. The van der Waals surface area contributed by atoms with Crippen LogP contribution >= 0.6 is 31.9 Å². The van der Waals surface area contributed by atoms with Crippen LogP contribution in [0.15, 0.2) is 27.1 Å². The molecule has 0 unspecified atom stereocenters. The molecule has 2 nitrogen and oxygen atoms in total. The van der Waals surface area contributed by atoms with Crippen LogP contribution in [-0.4, -0.2) is 14.7 Å². The van der Waals surface area contributed by atoms with Crippen LogP contribution in [0, 0.1) is 11.2 Å². The fraction of sp³-hybridized carbons (Fsp3) is 0.111. The fourth-order valence-electron chi connectivity index (χ4n) is 0.761. The molecular weight excluding hydrogens is 332 g/mol. The topological polar surface area (TPSA) is 34.1 Å². The maximum absolute atomic E-state index is 10.8. The first-order chi connectivity index (χ1) is 6.40. The maximum atomic E-state index is 10.8. The standard InChI is InChI=1S/C9H6Br2O2S/c1-14(12,13)6-5-7-8(10)3-2-4-9(7)11/h2-4H,1H3. The average molecular weight is 338 g/mol. The largest absolute Gasteiger partial charge is 0.216 e. The quantitative estimate of drug-likeness (QED) is 0.682. The van der Waals surface area contributed by atoms with Crippen LogP contribution in [0.3, 0.4) is 0 Å². The second kappa shape index (κ2) is 4.47. The van der Waals surface area contributed by atoms with Gasteiger partial charge in [-0.05, 0) is 49.9 Å². The first-order valence-electron chi connectivity index (χ1n) is 3.57. The summed E-state index contributed by atoms with van der Waals surface area (Å²) in [5.41, 5.74) is 0.637. The van der Waals surface area contributed by atoms with Gasteiger partial charge in [-0.25, -0.2) is 8.42 Å². The molecule has 0 atom stereocenters. The first kappa shape index (κ1) is 11.8. The third kappa shape index (κ3) is 3.45. The molecule has 1 rings (SSSR count). The Morgan fingerprint density at radius 2 is 1.71 bits per heavy atom. The monoisotopic (exact) mass is 336 g/mol.